The van der Waals surface area contributed by atoms with Crippen LogP contribution in [0.5, 0.6) is 0 Å². The van der Waals surface area contributed by atoms with Crippen LogP contribution in [0.1, 0.15) is 38.5 Å². The van der Waals surface area contributed by atoms with Crippen molar-refractivity contribution in [2.24, 2.45) is 11.8 Å². The van der Waals surface area contributed by atoms with Crippen molar-refractivity contribution in [2.75, 3.05) is 6.61 Å². The topological polar surface area (TPSA) is 20.2 Å². The maximum absolute atomic E-state index is 13.4. The number of aliphatic hydroxyl groups excluding tert-OH is 1. The molecular weight excluding hydrogens is 155 g/mol. The van der Waals surface area contributed by atoms with E-state index in [0.29, 0.717) is 12.3 Å². The average Bonchev–Trinajstić information content (AvgIpc) is 2.81. The molecule has 2 rings (SSSR count). The average molecular weight is 172 g/mol. The Labute approximate surface area is 73.0 Å². The molecule has 2 aliphatic rings. The van der Waals surface area contributed by atoms with Gasteiger partial charge in [-0.2, -0.15) is 0 Å². The molecular formula is C10H17FO. The van der Waals surface area contributed by atoms with Gasteiger partial charge in [0, 0.05) is 5.92 Å². The first-order valence-electron chi connectivity index (χ1n) is 5.06. The number of aliphatic hydroxyl groups is 1. The summed E-state index contributed by atoms with van der Waals surface area (Å²) < 4.78 is 13.4. The van der Waals surface area contributed by atoms with Crippen LogP contribution >= 0.6 is 0 Å². The zero-order valence-electron chi connectivity index (χ0n) is 7.43. The standard InChI is InChI=1S/C10H17FO/c11-10(7-12)6-9(10)8-4-2-1-3-5-8/h8-9,12H,1-7H2. The lowest BCUT2D eigenvalue weighted by Crippen LogP contribution is -2.18. The summed E-state index contributed by atoms with van der Waals surface area (Å²) in [4.78, 5) is 0. The van der Waals surface area contributed by atoms with Crippen LogP contribution < -0.4 is 0 Å². The molecule has 1 N–H and O–H groups in total. The molecule has 2 unspecified atom stereocenters. The van der Waals surface area contributed by atoms with Crippen LogP contribution in [0.4, 0.5) is 4.39 Å². The lowest BCUT2D eigenvalue weighted by molar-refractivity contribution is 0.126. The second kappa shape index (κ2) is 2.99. The van der Waals surface area contributed by atoms with Crippen molar-refractivity contribution in [1.29, 1.82) is 0 Å². The lowest BCUT2D eigenvalue weighted by atomic mass is 9.85. The number of hydrogen-bond acceptors (Lipinski definition) is 1. The molecule has 0 heterocycles. The quantitative estimate of drug-likeness (QED) is 0.677. The van der Waals surface area contributed by atoms with E-state index in [2.05, 4.69) is 0 Å². The van der Waals surface area contributed by atoms with E-state index in [0.717, 1.165) is 0 Å². The summed E-state index contributed by atoms with van der Waals surface area (Å²) >= 11 is 0. The summed E-state index contributed by atoms with van der Waals surface area (Å²) in [5.41, 5.74) is -1.18. The van der Waals surface area contributed by atoms with Gasteiger partial charge in [0.25, 0.3) is 0 Å². The molecule has 0 spiro atoms. The van der Waals surface area contributed by atoms with Crippen molar-refractivity contribution in [3.05, 3.63) is 0 Å². The molecule has 1 nitrogen and oxygen atoms in total. The monoisotopic (exact) mass is 172 g/mol. The molecule has 0 aromatic rings. The minimum Gasteiger partial charge on any atom is -0.393 e. The number of alkyl halides is 1. The fourth-order valence-electron chi connectivity index (χ4n) is 2.61. The number of hydrogen-bond donors (Lipinski definition) is 1. The van der Waals surface area contributed by atoms with Gasteiger partial charge in [-0.3, -0.25) is 0 Å². The summed E-state index contributed by atoms with van der Waals surface area (Å²) in [6.07, 6.45) is 6.85. The van der Waals surface area contributed by atoms with Gasteiger partial charge >= 0.3 is 0 Å². The van der Waals surface area contributed by atoms with Gasteiger partial charge in [0.1, 0.15) is 5.67 Å². The molecule has 0 aromatic carbocycles. The fourth-order valence-corrected chi connectivity index (χ4v) is 2.61. The summed E-state index contributed by atoms with van der Waals surface area (Å²) in [7, 11) is 0. The Morgan fingerprint density at radius 3 is 2.42 bits per heavy atom. The van der Waals surface area contributed by atoms with E-state index in [9.17, 15) is 4.39 Å². The third-order valence-corrected chi connectivity index (χ3v) is 3.55. The predicted molar refractivity (Wildman–Crippen MR) is 45.6 cm³/mol. The van der Waals surface area contributed by atoms with Gasteiger partial charge in [0.15, 0.2) is 0 Å². The van der Waals surface area contributed by atoms with Gasteiger partial charge in [-0.05, 0) is 12.3 Å². The number of halogens is 1. The predicted octanol–water partition coefficient (Wildman–Crippen LogP) is 2.29. The van der Waals surface area contributed by atoms with Gasteiger partial charge in [0.2, 0.25) is 0 Å². The van der Waals surface area contributed by atoms with Crippen molar-refractivity contribution in [2.45, 2.75) is 44.2 Å². The Balaban J connectivity index is 1.86. The van der Waals surface area contributed by atoms with Crippen LogP contribution in [0.25, 0.3) is 0 Å². The highest BCUT2D eigenvalue weighted by Crippen LogP contribution is 2.54. The van der Waals surface area contributed by atoms with E-state index < -0.39 is 5.67 Å². The van der Waals surface area contributed by atoms with Crippen LogP contribution in [0.2, 0.25) is 0 Å². The third kappa shape index (κ3) is 1.37. The minimum atomic E-state index is -1.18. The zero-order chi connectivity index (χ0) is 8.60. The van der Waals surface area contributed by atoms with Crippen LogP contribution in [0, 0.1) is 11.8 Å². The smallest absolute Gasteiger partial charge is 0.137 e. The van der Waals surface area contributed by atoms with Gasteiger partial charge in [-0.25, -0.2) is 4.39 Å². The zero-order valence-corrected chi connectivity index (χ0v) is 7.43. The van der Waals surface area contributed by atoms with E-state index in [1.807, 2.05) is 0 Å². The largest absolute Gasteiger partial charge is 0.393 e. The van der Waals surface area contributed by atoms with E-state index >= 15 is 0 Å². The second-order valence-electron chi connectivity index (χ2n) is 4.40. The number of rotatable bonds is 2. The maximum atomic E-state index is 13.4. The van der Waals surface area contributed by atoms with Crippen molar-refractivity contribution < 1.29 is 9.50 Å². The Bertz CT molecular complexity index is 162. The molecule has 12 heavy (non-hydrogen) atoms. The lowest BCUT2D eigenvalue weighted by Gasteiger charge is -2.22. The van der Waals surface area contributed by atoms with Crippen LogP contribution in [0.3, 0.4) is 0 Å². The Hall–Kier alpha value is -0.110. The maximum Gasteiger partial charge on any atom is 0.137 e. The van der Waals surface area contributed by atoms with Crippen LogP contribution in [0.15, 0.2) is 0 Å². The molecule has 70 valence electrons. The van der Waals surface area contributed by atoms with Gasteiger partial charge in [-0.1, -0.05) is 32.1 Å². The molecule has 0 bridgehead atoms. The summed E-state index contributed by atoms with van der Waals surface area (Å²) in [6, 6.07) is 0. The van der Waals surface area contributed by atoms with Gasteiger partial charge in [0.05, 0.1) is 6.61 Å². The van der Waals surface area contributed by atoms with Crippen LogP contribution in [-0.2, 0) is 0 Å². The van der Waals surface area contributed by atoms with Crippen molar-refractivity contribution in [3.63, 3.8) is 0 Å². The highest BCUT2D eigenvalue weighted by Gasteiger charge is 2.57. The Morgan fingerprint density at radius 2 is 1.92 bits per heavy atom. The summed E-state index contributed by atoms with van der Waals surface area (Å²) in [5, 5.41) is 8.79. The first-order valence-corrected chi connectivity index (χ1v) is 5.06. The molecule has 2 atom stereocenters. The summed E-state index contributed by atoms with van der Waals surface area (Å²) in [6.45, 7) is -0.256. The SMILES string of the molecule is OCC1(F)CC1C1CCCCC1. The van der Waals surface area contributed by atoms with Gasteiger partial charge < -0.3 is 5.11 Å². The highest BCUT2D eigenvalue weighted by molar-refractivity contribution is 5.06. The molecule has 2 saturated carbocycles. The van der Waals surface area contributed by atoms with Crippen LogP contribution in [-0.4, -0.2) is 17.4 Å². The molecule has 2 fully saturated rings. The van der Waals surface area contributed by atoms with Crippen molar-refractivity contribution in [1.82, 2.24) is 0 Å². The second-order valence-corrected chi connectivity index (χ2v) is 4.40. The van der Waals surface area contributed by atoms with Gasteiger partial charge in [-0.15, -0.1) is 0 Å². The molecule has 0 radical (unpaired) electrons. The van der Waals surface area contributed by atoms with Crippen molar-refractivity contribution >= 4 is 0 Å². The van der Waals surface area contributed by atoms with Crippen molar-refractivity contribution in [3.8, 4) is 0 Å². The molecule has 2 heteroatoms. The third-order valence-electron chi connectivity index (χ3n) is 3.55. The Kier molecular flexibility index (Phi) is 2.11. The normalized spacial score (nSPS) is 43.0. The highest BCUT2D eigenvalue weighted by atomic mass is 19.1. The first-order chi connectivity index (χ1) is 5.76. The molecule has 0 aromatic heterocycles. The fraction of sp³-hybridized carbons (Fsp3) is 1.00. The van der Waals surface area contributed by atoms with E-state index in [1.54, 1.807) is 0 Å². The molecule has 0 saturated heterocycles. The van der Waals surface area contributed by atoms with E-state index in [-0.39, 0.29) is 12.5 Å². The molecule has 2 aliphatic carbocycles. The summed E-state index contributed by atoms with van der Waals surface area (Å²) in [5.74, 6) is 0.777. The van der Waals surface area contributed by atoms with E-state index in [4.69, 9.17) is 5.11 Å². The molecule has 0 aliphatic heterocycles. The van der Waals surface area contributed by atoms with E-state index in [1.165, 1.54) is 32.1 Å². The first kappa shape index (κ1) is 8.49. The Morgan fingerprint density at radius 1 is 1.25 bits per heavy atom. The minimum absolute atomic E-state index is 0.197. The molecule has 0 amide bonds.